The molecule has 5 aliphatic heterocycles. The summed E-state index contributed by atoms with van der Waals surface area (Å²) in [5, 5.41) is 2.11. The smallest absolute Gasteiger partial charge is 0.0900 e. The van der Waals surface area contributed by atoms with Gasteiger partial charge in [0.1, 0.15) is 0 Å². The number of hydrogen-bond acceptors (Lipinski definition) is 3. The molecule has 8 bridgehead atoms. The molecule has 270 valence electrons. The molecule has 0 saturated carbocycles. The third-order valence-electron chi connectivity index (χ3n) is 10.8. The molecule has 0 radical (unpaired) electrons. The summed E-state index contributed by atoms with van der Waals surface area (Å²) in [7, 11) is 0. The van der Waals surface area contributed by atoms with Gasteiger partial charge >= 0.3 is 0 Å². The molecule has 4 aromatic carbocycles. The predicted octanol–water partition coefficient (Wildman–Crippen LogP) is 9.25. The number of nitrogens with one attached hydrogen (secondary N) is 2. The quantitative estimate of drug-likeness (QED) is 0.148. The number of pyridine rings is 1. The zero-order valence-electron chi connectivity index (χ0n) is 31.6. The van der Waals surface area contributed by atoms with Gasteiger partial charge in [0.25, 0.3) is 0 Å². The van der Waals surface area contributed by atoms with Crippen molar-refractivity contribution in [2.24, 2.45) is 9.98 Å². The minimum absolute atomic E-state index is 0. The molecular formula is C51H39N5Zn. The van der Waals surface area contributed by atoms with Crippen LogP contribution in [0.2, 0.25) is 0 Å². The van der Waals surface area contributed by atoms with E-state index in [1.54, 1.807) is 0 Å². The summed E-state index contributed by atoms with van der Waals surface area (Å²) < 4.78 is 0. The SMILES string of the molecule is C1=CC2=NC1=Cc1nc(c3ccc[nH]c1-3)C=C1N=C(C(Cc3ccccc3)=C1Cc1ccccc1)C(Cc1ccccc1)=c1[nH]c(cc1Cc1ccccc1)=C2.[Zn]. The van der Waals surface area contributed by atoms with Crippen LogP contribution in [0.1, 0.15) is 39.2 Å². The van der Waals surface area contributed by atoms with Crippen molar-refractivity contribution in [1.82, 2.24) is 15.0 Å². The Morgan fingerprint density at radius 1 is 0.509 bits per heavy atom. The predicted molar refractivity (Wildman–Crippen MR) is 230 cm³/mol. The number of fused-ring (bicyclic) bond motifs is 9. The number of aromatic amines is 2. The zero-order chi connectivity index (χ0) is 37.3. The summed E-state index contributed by atoms with van der Waals surface area (Å²) in [6.45, 7) is 0. The summed E-state index contributed by atoms with van der Waals surface area (Å²) in [4.78, 5) is 23.5. The van der Waals surface area contributed by atoms with Crippen molar-refractivity contribution in [3.05, 3.63) is 230 Å². The Morgan fingerprint density at radius 3 is 1.75 bits per heavy atom. The Kier molecular flexibility index (Phi) is 10.1. The number of H-pyrrole nitrogens is 2. The topological polar surface area (TPSA) is 69.2 Å². The third-order valence-corrected chi connectivity index (χ3v) is 10.8. The van der Waals surface area contributed by atoms with Crippen LogP contribution in [-0.4, -0.2) is 26.4 Å². The van der Waals surface area contributed by atoms with Crippen LogP contribution in [0.5, 0.6) is 0 Å². The van der Waals surface area contributed by atoms with Crippen LogP contribution in [-0.2, 0) is 45.2 Å². The average Bonchev–Trinajstić information content (AvgIpc) is 4.02. The summed E-state index contributed by atoms with van der Waals surface area (Å²) in [5.41, 5.74) is 17.3. The number of benzene rings is 4. The maximum atomic E-state index is 5.75. The van der Waals surface area contributed by atoms with Gasteiger partial charge in [0, 0.05) is 53.9 Å². The standard InChI is InChI=1S/C51H39N5.Zn/c1-5-14-34(15-6-1)26-38-30-41-31-39-23-24-40(53-39)32-48-51-42(22-13-25-52-51)46(55-48)33-47-43(27-35-16-7-2-8-17-35)44(28-36-18-9-3-10-19-36)50(56-47)45(49(38)54-41)29-37-20-11-4-12-21-37;/h1-25,30-33,52,54H,26-29H2;. The van der Waals surface area contributed by atoms with E-state index in [1.807, 2.05) is 12.3 Å². The molecule has 6 heteroatoms. The van der Waals surface area contributed by atoms with Crippen LogP contribution < -0.4 is 10.7 Å². The minimum atomic E-state index is 0. The fourth-order valence-corrected chi connectivity index (χ4v) is 8.13. The van der Waals surface area contributed by atoms with Gasteiger partial charge in [-0.1, -0.05) is 121 Å². The molecule has 0 amide bonds. The fraction of sp³-hybridized carbons (Fsp3) is 0.0784. The van der Waals surface area contributed by atoms with Crippen LogP contribution in [0.15, 0.2) is 190 Å². The third kappa shape index (κ3) is 7.57. The molecule has 5 nitrogen and oxygen atoms in total. The van der Waals surface area contributed by atoms with E-state index in [-0.39, 0.29) is 19.5 Å². The number of aliphatic imine (C=N–C) groups is 2. The Balaban J connectivity index is 0.00000422. The van der Waals surface area contributed by atoms with Crippen molar-refractivity contribution >= 4 is 35.2 Å². The molecule has 2 N–H and O–H groups in total. The number of aromatic nitrogens is 3. The molecule has 1 aromatic heterocycles. The van der Waals surface area contributed by atoms with Crippen molar-refractivity contribution in [3.63, 3.8) is 0 Å². The second-order valence-corrected chi connectivity index (χ2v) is 14.6. The Labute approximate surface area is 345 Å². The monoisotopic (exact) mass is 785 g/mol. The van der Waals surface area contributed by atoms with E-state index in [9.17, 15) is 0 Å². The van der Waals surface area contributed by atoms with Gasteiger partial charge in [0.15, 0.2) is 0 Å². The van der Waals surface area contributed by atoms with Gasteiger partial charge in [-0.3, -0.25) is 0 Å². The zero-order valence-corrected chi connectivity index (χ0v) is 34.6. The van der Waals surface area contributed by atoms with Gasteiger partial charge in [0.05, 0.1) is 39.9 Å². The van der Waals surface area contributed by atoms with Crippen LogP contribution in [0.25, 0.3) is 35.1 Å². The van der Waals surface area contributed by atoms with E-state index >= 15 is 0 Å². The molecule has 0 saturated heterocycles. The Hall–Kier alpha value is -6.49. The van der Waals surface area contributed by atoms with Crippen molar-refractivity contribution in [3.8, 4) is 11.3 Å². The fourth-order valence-electron chi connectivity index (χ4n) is 8.13. The second kappa shape index (κ2) is 15.9. The first-order valence-electron chi connectivity index (χ1n) is 19.3. The molecule has 0 aliphatic carbocycles. The van der Waals surface area contributed by atoms with E-state index in [0.717, 1.165) is 75.4 Å². The van der Waals surface area contributed by atoms with Gasteiger partial charge < -0.3 is 9.97 Å². The van der Waals surface area contributed by atoms with Gasteiger partial charge in [-0.05, 0) is 107 Å². The molecule has 0 unspecified atom stereocenters. The largest absolute Gasteiger partial charge is 0.359 e. The van der Waals surface area contributed by atoms with E-state index in [0.29, 0.717) is 6.42 Å². The maximum Gasteiger partial charge on any atom is 0.0900 e. The number of rotatable bonds is 8. The second-order valence-electron chi connectivity index (χ2n) is 14.6. The minimum Gasteiger partial charge on any atom is -0.359 e. The summed E-state index contributed by atoms with van der Waals surface area (Å²) in [6, 6.07) is 49.6. The summed E-state index contributed by atoms with van der Waals surface area (Å²) >= 11 is 0. The van der Waals surface area contributed by atoms with Crippen LogP contribution in [0, 0.1) is 0 Å². The molecule has 5 aliphatic rings. The van der Waals surface area contributed by atoms with Crippen LogP contribution in [0.3, 0.4) is 0 Å². The van der Waals surface area contributed by atoms with Crippen molar-refractivity contribution < 1.29 is 19.5 Å². The first kappa shape index (κ1) is 36.2. The Morgan fingerprint density at radius 2 is 1.11 bits per heavy atom. The molecule has 10 rings (SSSR count). The summed E-state index contributed by atoms with van der Waals surface area (Å²) in [5.74, 6) is 0. The normalized spacial score (nSPS) is 14.5. The van der Waals surface area contributed by atoms with Gasteiger partial charge in [-0.25, -0.2) is 15.0 Å². The molecule has 0 spiro atoms. The Bertz CT molecular complexity index is 2870. The average molecular weight is 787 g/mol. The van der Waals surface area contributed by atoms with Crippen molar-refractivity contribution in [1.29, 1.82) is 0 Å². The summed E-state index contributed by atoms with van der Waals surface area (Å²) in [6.07, 6.45) is 15.5. The van der Waals surface area contributed by atoms with E-state index in [4.69, 9.17) is 15.0 Å². The molecular weight excluding hydrogens is 748 g/mol. The van der Waals surface area contributed by atoms with Gasteiger partial charge in [0.2, 0.25) is 0 Å². The molecule has 6 heterocycles. The first-order valence-corrected chi connectivity index (χ1v) is 19.3. The van der Waals surface area contributed by atoms with Gasteiger partial charge in [-0.15, -0.1) is 0 Å². The molecule has 0 fully saturated rings. The van der Waals surface area contributed by atoms with Gasteiger partial charge in [-0.2, -0.15) is 0 Å². The van der Waals surface area contributed by atoms with Crippen LogP contribution in [0.4, 0.5) is 0 Å². The number of allylic oxidation sites excluding steroid dienone is 4. The van der Waals surface area contributed by atoms with Crippen molar-refractivity contribution in [2.45, 2.75) is 25.7 Å². The molecule has 5 aromatic rings. The maximum absolute atomic E-state index is 5.75. The van der Waals surface area contributed by atoms with E-state index in [1.165, 1.54) is 44.5 Å². The molecule has 0 atom stereocenters. The number of nitrogens with zero attached hydrogens (tertiary/aromatic N) is 3. The first-order chi connectivity index (χ1) is 27.7. The number of hydrogen-bond donors (Lipinski definition) is 2. The van der Waals surface area contributed by atoms with E-state index < -0.39 is 0 Å². The van der Waals surface area contributed by atoms with E-state index in [2.05, 4.69) is 174 Å². The van der Waals surface area contributed by atoms with Crippen molar-refractivity contribution in [2.75, 3.05) is 0 Å². The van der Waals surface area contributed by atoms with Crippen LogP contribution >= 0.6 is 0 Å². The molecule has 57 heavy (non-hydrogen) atoms.